The number of hydrogen-bond donors (Lipinski definition) is 2. The lowest BCUT2D eigenvalue weighted by molar-refractivity contribution is 0.0950. The Balaban J connectivity index is 1.35. The molecule has 4 heterocycles. The Morgan fingerprint density at radius 3 is 2.97 bits per heavy atom. The van der Waals surface area contributed by atoms with E-state index >= 15 is 0 Å². The maximum absolute atomic E-state index is 12.5. The summed E-state index contributed by atoms with van der Waals surface area (Å²) in [5.74, 6) is 0.214. The molecule has 0 radical (unpaired) electrons. The monoisotopic (exact) mass is 465 g/mol. The Kier molecular flexibility index (Phi) is 6.96. The van der Waals surface area contributed by atoms with Crippen LogP contribution in [0.15, 0.2) is 17.6 Å². The van der Waals surface area contributed by atoms with Crippen LogP contribution >= 0.6 is 11.3 Å². The highest BCUT2D eigenvalue weighted by Crippen LogP contribution is 2.30. The number of amides is 1. The van der Waals surface area contributed by atoms with Crippen molar-refractivity contribution in [2.45, 2.75) is 39.2 Å². The van der Waals surface area contributed by atoms with Crippen molar-refractivity contribution >= 4 is 28.3 Å². The Hall–Kier alpha value is -3.36. The predicted octanol–water partition coefficient (Wildman–Crippen LogP) is 2.66. The molecule has 1 fully saturated rings. The number of aromatic nitrogens is 5. The van der Waals surface area contributed by atoms with Gasteiger partial charge in [-0.1, -0.05) is 0 Å². The highest BCUT2D eigenvalue weighted by Gasteiger charge is 2.27. The molecule has 1 saturated heterocycles. The van der Waals surface area contributed by atoms with E-state index in [1.807, 2.05) is 31.6 Å². The van der Waals surface area contributed by atoms with Gasteiger partial charge in [0.05, 0.1) is 30.0 Å². The van der Waals surface area contributed by atoms with Crippen LogP contribution in [0.2, 0.25) is 0 Å². The van der Waals surface area contributed by atoms with Crippen LogP contribution in [0.5, 0.6) is 0 Å². The maximum Gasteiger partial charge on any atom is 0.270 e. The number of nitrogens with one attached hydrogen (secondary N) is 2. The summed E-state index contributed by atoms with van der Waals surface area (Å²) in [5, 5.41) is 21.8. The Labute approximate surface area is 196 Å². The van der Waals surface area contributed by atoms with Crippen molar-refractivity contribution in [3.63, 3.8) is 0 Å². The minimum absolute atomic E-state index is 0.123. The largest absolute Gasteiger partial charge is 0.350 e. The van der Waals surface area contributed by atoms with Crippen LogP contribution in [-0.2, 0) is 13.5 Å². The lowest BCUT2D eigenvalue weighted by Gasteiger charge is -2.21. The van der Waals surface area contributed by atoms with Crippen molar-refractivity contribution in [1.29, 1.82) is 5.26 Å². The van der Waals surface area contributed by atoms with Crippen molar-refractivity contribution in [2.75, 3.05) is 25.0 Å². The number of carbonyl (C=O) groups excluding carboxylic acids is 1. The van der Waals surface area contributed by atoms with E-state index in [1.54, 1.807) is 11.6 Å². The molecular formula is C22H27N9OS. The second kappa shape index (κ2) is 10.1. The first-order valence-corrected chi connectivity index (χ1v) is 11.8. The summed E-state index contributed by atoms with van der Waals surface area (Å²) in [7, 11) is 1.92. The zero-order valence-corrected chi connectivity index (χ0v) is 19.8. The minimum atomic E-state index is -0.216. The normalized spacial score (nSPS) is 16.0. The number of likely N-dealkylation sites (tertiary alicyclic amines) is 1. The Bertz CT molecular complexity index is 1180. The summed E-state index contributed by atoms with van der Waals surface area (Å²) < 4.78 is 1.86. The molecule has 2 N–H and O–H groups in total. The molecule has 1 amide bonds. The van der Waals surface area contributed by atoms with Gasteiger partial charge in [0, 0.05) is 30.9 Å². The second-order valence-corrected chi connectivity index (χ2v) is 8.89. The van der Waals surface area contributed by atoms with Gasteiger partial charge in [0.25, 0.3) is 5.91 Å². The quantitative estimate of drug-likeness (QED) is 0.487. The van der Waals surface area contributed by atoms with Crippen LogP contribution in [0.1, 0.15) is 52.0 Å². The van der Waals surface area contributed by atoms with Crippen molar-refractivity contribution in [2.24, 2.45) is 7.05 Å². The SMILES string of the molecule is Cc1nn(C)c(C)c1CCNC(=O)c1csc(Nc2nccc(C3CCCN3CC#N)n2)n1. The third kappa shape index (κ3) is 5.18. The molecule has 0 bridgehead atoms. The van der Waals surface area contributed by atoms with E-state index in [9.17, 15) is 4.79 Å². The van der Waals surface area contributed by atoms with Crippen LogP contribution in [0.4, 0.5) is 11.1 Å². The van der Waals surface area contributed by atoms with E-state index in [4.69, 9.17) is 5.26 Å². The number of carbonyl (C=O) groups is 1. The van der Waals surface area contributed by atoms with Gasteiger partial charge in [0.1, 0.15) is 5.69 Å². The second-order valence-electron chi connectivity index (χ2n) is 8.03. The third-order valence-electron chi connectivity index (χ3n) is 5.93. The molecule has 0 aromatic carbocycles. The lowest BCUT2D eigenvalue weighted by Crippen LogP contribution is -2.26. The van der Waals surface area contributed by atoms with Gasteiger partial charge >= 0.3 is 0 Å². The molecule has 33 heavy (non-hydrogen) atoms. The molecule has 1 aliphatic rings. The van der Waals surface area contributed by atoms with Crippen LogP contribution in [0.3, 0.4) is 0 Å². The van der Waals surface area contributed by atoms with E-state index in [1.165, 1.54) is 11.3 Å². The van der Waals surface area contributed by atoms with E-state index in [0.717, 1.165) is 48.5 Å². The summed E-state index contributed by atoms with van der Waals surface area (Å²) in [5.41, 5.74) is 4.49. The zero-order chi connectivity index (χ0) is 23.4. The summed E-state index contributed by atoms with van der Waals surface area (Å²) >= 11 is 1.33. The van der Waals surface area contributed by atoms with Crippen LogP contribution < -0.4 is 10.6 Å². The third-order valence-corrected chi connectivity index (χ3v) is 6.69. The molecule has 0 saturated carbocycles. The zero-order valence-electron chi connectivity index (χ0n) is 19.0. The molecule has 172 valence electrons. The summed E-state index contributed by atoms with van der Waals surface area (Å²) in [6.45, 7) is 5.81. The van der Waals surface area contributed by atoms with Crippen LogP contribution in [0, 0.1) is 25.2 Å². The molecule has 1 atom stereocenters. The van der Waals surface area contributed by atoms with Crippen molar-refractivity contribution in [3.8, 4) is 6.07 Å². The molecule has 4 rings (SSSR count). The van der Waals surface area contributed by atoms with Crippen LogP contribution in [0.25, 0.3) is 0 Å². The van der Waals surface area contributed by atoms with Crippen molar-refractivity contribution < 1.29 is 4.79 Å². The first kappa shape index (κ1) is 22.8. The fourth-order valence-electron chi connectivity index (χ4n) is 4.16. The smallest absolute Gasteiger partial charge is 0.270 e. The van der Waals surface area contributed by atoms with Gasteiger partial charge in [-0.3, -0.25) is 14.4 Å². The van der Waals surface area contributed by atoms with Crippen LogP contribution in [-0.4, -0.2) is 55.2 Å². The number of hydrogen-bond acceptors (Lipinski definition) is 9. The van der Waals surface area contributed by atoms with Gasteiger partial charge < -0.3 is 10.6 Å². The van der Waals surface area contributed by atoms with Gasteiger partial charge in [-0.05, 0) is 51.3 Å². The number of nitriles is 1. The number of thiazole rings is 1. The molecule has 1 unspecified atom stereocenters. The molecular weight excluding hydrogens is 438 g/mol. The highest BCUT2D eigenvalue weighted by molar-refractivity contribution is 7.14. The number of nitrogens with zero attached hydrogens (tertiary/aromatic N) is 7. The van der Waals surface area contributed by atoms with E-state index in [-0.39, 0.29) is 11.9 Å². The lowest BCUT2D eigenvalue weighted by atomic mass is 10.1. The topological polar surface area (TPSA) is 125 Å². The number of rotatable bonds is 8. The first-order valence-electron chi connectivity index (χ1n) is 10.9. The van der Waals surface area contributed by atoms with Gasteiger partial charge in [-0.25, -0.2) is 15.0 Å². The van der Waals surface area contributed by atoms with Gasteiger partial charge in [-0.2, -0.15) is 10.4 Å². The number of anilines is 2. The van der Waals surface area contributed by atoms with Gasteiger partial charge in [-0.15, -0.1) is 11.3 Å². The molecule has 1 aliphatic heterocycles. The molecule has 10 nitrogen and oxygen atoms in total. The van der Waals surface area contributed by atoms with E-state index < -0.39 is 0 Å². The first-order chi connectivity index (χ1) is 16.0. The molecule has 0 aliphatic carbocycles. The van der Waals surface area contributed by atoms with Gasteiger partial charge in [0.15, 0.2) is 5.13 Å². The maximum atomic E-state index is 12.5. The Morgan fingerprint density at radius 2 is 2.21 bits per heavy atom. The molecule has 3 aromatic rings. The van der Waals surface area contributed by atoms with E-state index in [2.05, 4.69) is 41.7 Å². The average molecular weight is 466 g/mol. The fraction of sp³-hybridized carbons (Fsp3) is 0.455. The van der Waals surface area contributed by atoms with Crippen molar-refractivity contribution in [3.05, 3.63) is 46.0 Å². The molecule has 3 aromatic heterocycles. The minimum Gasteiger partial charge on any atom is -0.350 e. The standard InChI is InChI=1S/C22H27N9OS/c1-14-16(15(2)30(3)29-14)6-9-24-20(32)18-13-33-22(27-18)28-21-25-10-7-17(26-21)19-5-4-11-31(19)12-8-23/h7,10,13,19H,4-6,9,11-12H2,1-3H3,(H,24,32)(H,25,26,27,28). The fourth-order valence-corrected chi connectivity index (χ4v) is 4.85. The highest BCUT2D eigenvalue weighted by atomic mass is 32.1. The van der Waals surface area contributed by atoms with Crippen molar-refractivity contribution in [1.82, 2.24) is 34.9 Å². The van der Waals surface area contributed by atoms with E-state index in [0.29, 0.717) is 29.9 Å². The summed E-state index contributed by atoms with van der Waals surface area (Å²) in [6.07, 6.45) is 4.44. The van der Waals surface area contributed by atoms with Gasteiger partial charge in [0.2, 0.25) is 5.95 Å². The number of aryl methyl sites for hydroxylation is 2. The predicted molar refractivity (Wildman–Crippen MR) is 125 cm³/mol. The molecule has 0 spiro atoms. The average Bonchev–Trinajstić information content (AvgIpc) is 3.51. The molecule has 11 heteroatoms. The summed E-state index contributed by atoms with van der Waals surface area (Å²) in [6, 6.07) is 4.23. The Morgan fingerprint density at radius 1 is 1.36 bits per heavy atom. The summed E-state index contributed by atoms with van der Waals surface area (Å²) in [4.78, 5) is 27.9.